The van der Waals surface area contributed by atoms with Gasteiger partial charge in [0.2, 0.25) is 0 Å². The van der Waals surface area contributed by atoms with E-state index in [2.05, 4.69) is 156 Å². The molecule has 10 N–H and O–H groups in total. The van der Waals surface area contributed by atoms with Crippen LogP contribution in [0, 0.1) is 0 Å². The van der Waals surface area contributed by atoms with Crippen LogP contribution < -0.4 is 77.7 Å². The third-order valence-electron chi connectivity index (χ3n) is 25.4. The second-order valence-corrected chi connectivity index (χ2v) is 37.9. The highest BCUT2D eigenvalue weighted by molar-refractivity contribution is 7.22. The van der Waals surface area contributed by atoms with Crippen LogP contribution in [0.25, 0.3) is 108 Å². The lowest BCUT2D eigenvalue weighted by atomic mass is 10.1. The van der Waals surface area contributed by atoms with Gasteiger partial charge in [0.25, 0.3) is 29.5 Å². The fourth-order valence-electron chi connectivity index (χ4n) is 18.0. The first-order valence-electron chi connectivity index (χ1n) is 48.5. The van der Waals surface area contributed by atoms with Crippen LogP contribution in [0.2, 0.25) is 0 Å². The van der Waals surface area contributed by atoms with Crippen LogP contribution in [0.4, 0.5) is 56.9 Å². The lowest BCUT2D eigenvalue weighted by molar-refractivity contribution is 0.0990. The highest BCUT2D eigenvalue weighted by atomic mass is 32.1. The largest absolute Gasteiger partial charge is 0.464 e. The molecule has 147 heavy (non-hydrogen) atoms. The van der Waals surface area contributed by atoms with E-state index < -0.39 is 0 Å². The Labute approximate surface area is 856 Å². The summed E-state index contributed by atoms with van der Waals surface area (Å²) in [6.07, 6.45) is 18.8. The van der Waals surface area contributed by atoms with E-state index in [4.69, 9.17) is 30.9 Å². The van der Waals surface area contributed by atoms with Crippen LogP contribution in [0.3, 0.4) is 0 Å². The average molecular weight is 2020 g/mol. The number of carbonyl (C=O) groups excluding carboxylic acids is 5. The first-order chi connectivity index (χ1) is 72.4. The third-order valence-corrected chi connectivity index (χ3v) is 28.6. The Kier molecular flexibility index (Phi) is 30.0. The topological polar surface area (TPSA) is 378 Å². The fourth-order valence-corrected chi connectivity index (χ4v) is 21.0. The molecule has 740 valence electrons. The molecule has 5 saturated heterocycles. The quantitative estimate of drug-likeness (QED) is 0.0319. The summed E-state index contributed by atoms with van der Waals surface area (Å²) in [6.45, 7) is 18.0. The molecule has 0 aliphatic carbocycles. The molecule has 0 spiro atoms. The second kappa shape index (κ2) is 45.8. The van der Waals surface area contributed by atoms with E-state index in [1.165, 1.54) is 20.3 Å². The maximum atomic E-state index is 12.9. The third kappa shape index (κ3) is 22.9. The average Bonchev–Trinajstić information content (AvgIpc) is 1.66. The van der Waals surface area contributed by atoms with E-state index in [-0.39, 0.29) is 58.3 Å². The molecular weight excluding hydrogens is 1910 g/mol. The number of hydrogen-bond acceptors (Lipinski definition) is 30. The van der Waals surface area contributed by atoms with E-state index >= 15 is 0 Å². The molecule has 5 aliphatic heterocycles. The smallest absolute Gasteiger partial charge is 0.291 e. The summed E-state index contributed by atoms with van der Waals surface area (Å²) in [6, 6.07) is 77.4. The molecule has 0 bridgehead atoms. The van der Waals surface area contributed by atoms with Crippen molar-refractivity contribution >= 4 is 163 Å². The molecule has 0 radical (unpaired) electrons. The number of amides is 5. The van der Waals surface area contributed by atoms with Gasteiger partial charge in [-0.15, -0.1) is 34.0 Å². The zero-order chi connectivity index (χ0) is 99.6. The van der Waals surface area contributed by atoms with Gasteiger partial charge < -0.3 is 109 Å². The van der Waals surface area contributed by atoms with Crippen LogP contribution in [-0.2, 0) is 0 Å². The zero-order valence-electron chi connectivity index (χ0n) is 79.8. The van der Waals surface area contributed by atoms with Gasteiger partial charge in [0.15, 0.2) is 40.3 Å². The van der Waals surface area contributed by atoms with Gasteiger partial charge in [-0.1, -0.05) is 103 Å². The molecule has 0 saturated carbocycles. The molecule has 20 heterocycles. The minimum atomic E-state index is -0.322. The number of hydrogen-bond donors (Lipinski definition) is 10. The number of nitrogens with zero attached hydrogens (tertiary/aromatic N) is 10. The Bertz CT molecular complexity index is 7510. The monoisotopic (exact) mass is 2010 g/mol. The van der Waals surface area contributed by atoms with E-state index in [1.807, 2.05) is 152 Å². The Morgan fingerprint density at radius 2 is 0.626 bits per heavy atom. The number of para-hydroxylation sites is 2. The Hall–Kier alpha value is -16.9. The SMILES string of the molecule is O=C(Nc1cnccc1N1CCNCC1)c1ccc(-c2cc3ccccc3o2)o1.O=C(Nc1cnccc1N1CCNCC1)c1ccc(-c2cc3ccccc3s2)o1.O=C(Nc1cnccc1N1CCNCC1)c1ccc(-c2ccc(-c3ccccc3)s2)o1.O=C(Nc1cnccc1N1CCNCC1)c1ccc(-c2coc3ccccc23)o1.O=C(Nc1cnccc1N1CCNCC1)c1ccc(-c2csc3ccccc23)o1. The summed E-state index contributed by atoms with van der Waals surface area (Å²) < 4.78 is 43.1. The molecule has 35 heteroatoms. The van der Waals surface area contributed by atoms with Crippen molar-refractivity contribution in [2.24, 2.45) is 0 Å². The van der Waals surface area contributed by atoms with Gasteiger partial charge in [0.05, 0.1) is 103 Å². The molecule has 32 nitrogen and oxygen atoms in total. The molecule has 5 aliphatic rings. The van der Waals surface area contributed by atoms with E-state index in [0.717, 1.165) is 212 Å². The van der Waals surface area contributed by atoms with Gasteiger partial charge in [0, 0.05) is 203 Å². The number of aromatic nitrogens is 5. The molecule has 5 fully saturated rings. The number of rotatable bonds is 21. The van der Waals surface area contributed by atoms with Crippen molar-refractivity contribution in [3.63, 3.8) is 0 Å². The molecule has 25 rings (SSSR count). The number of piperazine rings is 5. The summed E-state index contributed by atoms with van der Waals surface area (Å²) in [5.74, 6) is 3.61. The van der Waals surface area contributed by atoms with Crippen molar-refractivity contribution in [2.75, 3.05) is 182 Å². The molecule has 5 amide bonds. The lowest BCUT2D eigenvalue weighted by Gasteiger charge is -2.30. The maximum absolute atomic E-state index is 12.9. The highest BCUT2D eigenvalue weighted by Crippen LogP contribution is 2.42. The minimum absolute atomic E-state index is 0.218. The second-order valence-electron chi connectivity index (χ2n) is 34.9. The fraction of sp³-hybridized carbons (Fsp3) is 0.179. The number of nitrogens with one attached hydrogen (secondary N) is 10. The maximum Gasteiger partial charge on any atom is 0.291 e. The lowest BCUT2D eigenvalue weighted by Crippen LogP contribution is -2.43. The van der Waals surface area contributed by atoms with Gasteiger partial charge in [-0.25, -0.2) is 0 Å². The Morgan fingerprint density at radius 1 is 0.279 bits per heavy atom. The van der Waals surface area contributed by atoms with Crippen molar-refractivity contribution in [3.8, 4) is 65.9 Å². The van der Waals surface area contributed by atoms with E-state index in [1.54, 1.807) is 145 Å². The van der Waals surface area contributed by atoms with Gasteiger partial charge in [-0.2, -0.15) is 0 Å². The predicted molar refractivity (Wildman–Crippen MR) is 581 cm³/mol. The predicted octanol–water partition coefficient (Wildman–Crippen LogP) is 20.7. The van der Waals surface area contributed by atoms with Crippen LogP contribution in [0.1, 0.15) is 52.8 Å². The summed E-state index contributed by atoms with van der Waals surface area (Å²) in [7, 11) is 0. The number of carbonyl (C=O) groups is 5. The first-order valence-corrected chi connectivity index (χ1v) is 51.0. The number of fused-ring (bicyclic) bond motifs is 4. The molecule has 5 aromatic carbocycles. The van der Waals surface area contributed by atoms with Crippen molar-refractivity contribution in [1.29, 1.82) is 0 Å². The minimum Gasteiger partial charge on any atom is -0.464 e. The van der Waals surface area contributed by atoms with Crippen LogP contribution in [0.5, 0.6) is 0 Å². The van der Waals surface area contributed by atoms with E-state index in [9.17, 15) is 24.0 Å². The van der Waals surface area contributed by atoms with Crippen molar-refractivity contribution in [3.05, 3.63) is 345 Å². The molecule has 15 aromatic heterocycles. The summed E-state index contributed by atoms with van der Waals surface area (Å²) in [4.78, 5) is 99.3. The zero-order valence-corrected chi connectivity index (χ0v) is 82.2. The normalized spacial score (nSPS) is 14.2. The van der Waals surface area contributed by atoms with E-state index in [0.29, 0.717) is 63.0 Å². The summed E-state index contributed by atoms with van der Waals surface area (Å²) >= 11 is 4.96. The number of furan rings is 7. The molecule has 0 atom stereocenters. The Balaban J connectivity index is 0.000000108. The molecule has 0 unspecified atom stereocenters. The van der Waals surface area contributed by atoms with Crippen LogP contribution >= 0.6 is 34.0 Å². The number of anilines is 10. The van der Waals surface area contributed by atoms with Gasteiger partial charge >= 0.3 is 0 Å². The number of benzene rings is 5. The van der Waals surface area contributed by atoms with Gasteiger partial charge in [-0.05, 0) is 150 Å². The summed E-state index contributed by atoms with van der Waals surface area (Å²) in [5, 5.41) is 37.7. The van der Waals surface area contributed by atoms with Crippen LogP contribution in [-0.4, -0.2) is 185 Å². The van der Waals surface area contributed by atoms with Crippen molar-refractivity contribution < 1.29 is 54.9 Å². The number of pyridine rings is 5. The van der Waals surface area contributed by atoms with Gasteiger partial charge in [-0.3, -0.25) is 48.9 Å². The highest BCUT2D eigenvalue weighted by Gasteiger charge is 2.28. The molecular formula is C112H102N20O12S3. The summed E-state index contributed by atoms with van der Waals surface area (Å²) in [5.41, 5.74) is 12.8. The molecule has 20 aromatic rings. The Morgan fingerprint density at radius 3 is 1.06 bits per heavy atom. The van der Waals surface area contributed by atoms with Gasteiger partial charge in [0.1, 0.15) is 40.5 Å². The number of thiophene rings is 3. The van der Waals surface area contributed by atoms with Crippen molar-refractivity contribution in [1.82, 2.24) is 51.5 Å². The standard InChI is InChI=1S/C24H22N4O2S.2C22H20N4O3.2C22H20N4O2S/c29-24(27-18-16-26-11-10-19(18)28-14-12-25-13-15-28)21-7-6-20(30-21)23-9-8-22(31-23)17-4-2-1-3-5-17;27-22(25-17-13-24-8-7-18(17)26-11-9-23-10-12-26)21-6-5-20(29-21)16-14-28-19-4-2-1-3-15(16)19;27-22(25-16-14-24-8-7-17(16)26-11-9-23-10-12-26)20-6-5-19(29-20)21-13-15-3-1-2-4-18(15)28-21;27-22(25-17-13-24-8-7-18(17)26-11-9-23-10-12-26)20-6-5-19(28-20)16-14-29-21-4-2-1-3-15(16)21;27-22(25-16-14-24-8-7-17(16)26-11-9-23-10-12-26)19-6-5-18(28-19)21-13-15-3-1-2-4-20(15)29-21/h1-11,16,25H,12-15H2,(H,27,29);4*1-8,13-14,23H,9-12H2,(H,25,27). The first kappa shape index (κ1) is 96.2. The van der Waals surface area contributed by atoms with Crippen molar-refractivity contribution in [2.45, 2.75) is 0 Å². The van der Waals surface area contributed by atoms with Crippen LogP contribution in [0.15, 0.2) is 347 Å².